The van der Waals surface area contributed by atoms with Gasteiger partial charge in [0.2, 0.25) is 0 Å². The van der Waals surface area contributed by atoms with E-state index in [1.807, 2.05) is 30.3 Å². The quantitative estimate of drug-likeness (QED) is 0.187. The predicted molar refractivity (Wildman–Crippen MR) is 146 cm³/mol. The lowest BCUT2D eigenvalue weighted by Gasteiger charge is -2.14. The molecule has 0 bridgehead atoms. The van der Waals surface area contributed by atoms with Gasteiger partial charge in [0.1, 0.15) is 5.75 Å². The molecule has 0 amide bonds. The van der Waals surface area contributed by atoms with Crippen molar-refractivity contribution in [1.82, 2.24) is 0 Å². The lowest BCUT2D eigenvalue weighted by Crippen LogP contribution is -2.28. The first-order valence-corrected chi connectivity index (χ1v) is 12.1. The molecule has 0 aliphatic rings. The second-order valence-electron chi connectivity index (χ2n) is 8.25. The van der Waals surface area contributed by atoms with E-state index in [1.165, 1.54) is 21.3 Å². The third-order valence-electron chi connectivity index (χ3n) is 5.81. The average Bonchev–Trinajstić information content (AvgIpc) is 3.00. The van der Waals surface area contributed by atoms with Crippen LogP contribution in [0.25, 0.3) is 0 Å². The summed E-state index contributed by atoms with van der Waals surface area (Å²) in [4.78, 5) is 36.6. The number of ether oxygens (including phenoxy) is 5. The van der Waals surface area contributed by atoms with Crippen LogP contribution in [0.1, 0.15) is 33.9 Å². The molecule has 204 valence electrons. The highest BCUT2D eigenvalue weighted by Crippen LogP contribution is 2.23. The molecule has 0 aliphatic carbocycles. The Morgan fingerprint density at radius 3 is 1.95 bits per heavy atom. The van der Waals surface area contributed by atoms with Crippen molar-refractivity contribution in [2.45, 2.75) is 12.5 Å². The third-order valence-corrected chi connectivity index (χ3v) is 5.81. The van der Waals surface area contributed by atoms with E-state index in [4.69, 9.17) is 23.7 Å². The van der Waals surface area contributed by atoms with Gasteiger partial charge in [-0.05, 0) is 54.3 Å². The molecule has 3 aromatic rings. The van der Waals surface area contributed by atoms with Crippen LogP contribution in [0.5, 0.6) is 5.75 Å². The van der Waals surface area contributed by atoms with E-state index < -0.39 is 30.1 Å². The van der Waals surface area contributed by atoms with Crippen LogP contribution in [0.15, 0.2) is 72.8 Å². The molecule has 0 fully saturated rings. The first-order valence-electron chi connectivity index (χ1n) is 12.1. The number of esters is 2. The molecule has 8 nitrogen and oxygen atoms in total. The molecule has 0 aliphatic heterocycles. The van der Waals surface area contributed by atoms with E-state index in [1.54, 1.807) is 49.6 Å². The number of benzene rings is 3. The summed E-state index contributed by atoms with van der Waals surface area (Å²) in [6.45, 7) is 0. The summed E-state index contributed by atoms with van der Waals surface area (Å²) in [7, 11) is 5.20. The molecule has 3 rings (SSSR count). The van der Waals surface area contributed by atoms with Gasteiger partial charge in [-0.25, -0.2) is 4.79 Å². The fourth-order valence-corrected chi connectivity index (χ4v) is 3.70. The monoisotopic (exact) mass is 540 g/mol. The van der Waals surface area contributed by atoms with Crippen LogP contribution < -0.4 is 4.74 Å². The molecule has 1 atom stereocenters. The lowest BCUT2D eigenvalue weighted by molar-refractivity contribution is -0.158. The van der Waals surface area contributed by atoms with Crippen LogP contribution in [0.4, 0.5) is 4.79 Å². The van der Waals surface area contributed by atoms with Crippen LogP contribution in [-0.2, 0) is 35.0 Å². The van der Waals surface area contributed by atoms with Gasteiger partial charge >= 0.3 is 18.1 Å². The zero-order valence-electron chi connectivity index (χ0n) is 22.6. The van der Waals surface area contributed by atoms with Crippen molar-refractivity contribution in [3.63, 3.8) is 0 Å². The van der Waals surface area contributed by atoms with Gasteiger partial charge in [0.15, 0.2) is 12.0 Å². The first kappa shape index (κ1) is 29.3. The fraction of sp³-hybridized carbons (Fsp3) is 0.219. The number of hydrogen-bond donors (Lipinski definition) is 0. The Morgan fingerprint density at radius 1 is 0.700 bits per heavy atom. The van der Waals surface area contributed by atoms with Crippen LogP contribution in [-0.4, -0.2) is 46.5 Å². The Hall–Kier alpha value is -5.21. The molecule has 0 saturated heterocycles. The van der Waals surface area contributed by atoms with E-state index in [9.17, 15) is 14.4 Å². The molecule has 40 heavy (non-hydrogen) atoms. The van der Waals surface area contributed by atoms with Gasteiger partial charge < -0.3 is 23.7 Å². The summed E-state index contributed by atoms with van der Waals surface area (Å²) >= 11 is 0. The smallest absolute Gasteiger partial charge is 0.497 e. The van der Waals surface area contributed by atoms with Gasteiger partial charge in [-0.1, -0.05) is 54.2 Å². The zero-order valence-corrected chi connectivity index (χ0v) is 22.6. The Labute approximate surface area is 233 Å². The highest BCUT2D eigenvalue weighted by molar-refractivity contribution is 5.95. The van der Waals surface area contributed by atoms with E-state index >= 15 is 0 Å². The zero-order chi connectivity index (χ0) is 28.9. The highest BCUT2D eigenvalue weighted by atomic mass is 16.7. The number of carbonyl (C=O) groups is 3. The molecule has 0 aromatic heterocycles. The normalized spacial score (nSPS) is 10.6. The maximum absolute atomic E-state index is 12.2. The van der Waals surface area contributed by atoms with Crippen molar-refractivity contribution >= 4 is 18.1 Å². The van der Waals surface area contributed by atoms with E-state index in [2.05, 4.69) is 23.7 Å². The second kappa shape index (κ2) is 14.7. The fourth-order valence-electron chi connectivity index (χ4n) is 3.70. The van der Waals surface area contributed by atoms with Crippen molar-refractivity contribution in [2.75, 3.05) is 28.4 Å². The molecule has 0 saturated carbocycles. The van der Waals surface area contributed by atoms with E-state index in [0.717, 1.165) is 11.3 Å². The molecular formula is C32H28O8. The van der Waals surface area contributed by atoms with Gasteiger partial charge in [0, 0.05) is 22.3 Å². The maximum atomic E-state index is 12.2. The van der Waals surface area contributed by atoms with Crippen LogP contribution in [0.3, 0.4) is 0 Å². The van der Waals surface area contributed by atoms with Crippen molar-refractivity contribution in [1.29, 1.82) is 0 Å². The highest BCUT2D eigenvalue weighted by Gasteiger charge is 2.29. The second-order valence-corrected chi connectivity index (χ2v) is 8.25. The molecule has 0 spiro atoms. The molecule has 3 aromatic carbocycles. The van der Waals surface area contributed by atoms with Crippen molar-refractivity contribution in [3.05, 3.63) is 101 Å². The first-order chi connectivity index (χ1) is 19.4. The molecule has 0 radical (unpaired) electrons. The summed E-state index contributed by atoms with van der Waals surface area (Å²) in [5.74, 6) is 10.4. The third kappa shape index (κ3) is 7.89. The Morgan fingerprint density at radius 2 is 1.32 bits per heavy atom. The minimum atomic E-state index is -1.16. The van der Waals surface area contributed by atoms with Gasteiger partial charge in [0.25, 0.3) is 0 Å². The number of methoxy groups -OCH3 is 4. The summed E-state index contributed by atoms with van der Waals surface area (Å²) in [5, 5.41) is 0. The van der Waals surface area contributed by atoms with Gasteiger partial charge in [0.05, 0.1) is 28.4 Å². The standard InChI is InChI=1S/C32H28O8/c1-36-26-18-14-22(15-19-26)13-16-24-10-7-8-12-27(24)29(40-32(35)39-4)20-17-23-9-5-6-11-25(23)21-28(30(33)37-2)31(34)38-3/h5-12,14-15,18-19,28-29H,21H2,1-4H3. The summed E-state index contributed by atoms with van der Waals surface area (Å²) in [6.07, 6.45) is -1.93. The van der Waals surface area contributed by atoms with Crippen molar-refractivity contribution in [2.24, 2.45) is 5.92 Å². The molecular weight excluding hydrogens is 512 g/mol. The minimum absolute atomic E-state index is 0.0106. The Balaban J connectivity index is 2.00. The summed E-state index contributed by atoms with van der Waals surface area (Å²) < 4.78 is 24.9. The van der Waals surface area contributed by atoms with E-state index in [-0.39, 0.29) is 6.42 Å². The Kier molecular flexibility index (Phi) is 10.8. The molecule has 1 unspecified atom stereocenters. The lowest BCUT2D eigenvalue weighted by atomic mass is 9.95. The van der Waals surface area contributed by atoms with Crippen LogP contribution in [0, 0.1) is 29.6 Å². The number of rotatable bonds is 7. The largest absolute Gasteiger partial charge is 0.509 e. The van der Waals surface area contributed by atoms with Gasteiger partial charge in [-0.3, -0.25) is 9.59 Å². The van der Waals surface area contributed by atoms with Crippen molar-refractivity contribution < 1.29 is 38.1 Å². The SMILES string of the molecule is COC(=O)OC(C#Cc1ccccc1CC(C(=O)OC)C(=O)OC)c1ccccc1C#Cc1ccc(OC)cc1. The molecule has 0 N–H and O–H groups in total. The maximum Gasteiger partial charge on any atom is 0.509 e. The Bertz CT molecular complexity index is 1450. The summed E-state index contributed by atoms with van der Waals surface area (Å²) in [6, 6.07) is 21.5. The molecule has 8 heteroatoms. The summed E-state index contributed by atoms with van der Waals surface area (Å²) in [5.41, 5.74) is 3.07. The van der Waals surface area contributed by atoms with Crippen molar-refractivity contribution in [3.8, 4) is 29.4 Å². The predicted octanol–water partition coefficient (Wildman–Crippen LogP) is 4.48. The van der Waals surface area contributed by atoms with Crippen LogP contribution >= 0.6 is 0 Å². The minimum Gasteiger partial charge on any atom is -0.497 e. The van der Waals surface area contributed by atoms with Crippen LogP contribution in [0.2, 0.25) is 0 Å². The number of hydrogen-bond acceptors (Lipinski definition) is 8. The topological polar surface area (TPSA) is 97.4 Å². The average molecular weight is 541 g/mol. The number of carbonyl (C=O) groups excluding carboxylic acids is 3. The van der Waals surface area contributed by atoms with E-state index in [0.29, 0.717) is 22.3 Å². The van der Waals surface area contributed by atoms with Gasteiger partial charge in [-0.2, -0.15) is 0 Å². The molecule has 0 heterocycles. The van der Waals surface area contributed by atoms with Gasteiger partial charge in [-0.15, -0.1) is 0 Å².